The zero-order valence-electron chi connectivity index (χ0n) is 8.22. The van der Waals surface area contributed by atoms with E-state index in [1.54, 1.807) is 34.9 Å². The molecule has 0 aliphatic heterocycles. The van der Waals surface area contributed by atoms with Gasteiger partial charge in [-0.2, -0.15) is 4.98 Å². The predicted octanol–water partition coefficient (Wildman–Crippen LogP) is 1.99. The van der Waals surface area contributed by atoms with Gasteiger partial charge in [0.25, 0.3) is 5.56 Å². The number of hydrogen-bond donors (Lipinski definition) is 0. The Morgan fingerprint density at radius 2 is 2.00 bits per heavy atom. The molecule has 16 heavy (non-hydrogen) atoms. The third kappa shape index (κ3) is 1.13. The SMILES string of the molecule is O=c1nc2ccccn2c2cccc(F)c12. The monoisotopic (exact) mass is 214 g/mol. The van der Waals surface area contributed by atoms with Crippen molar-refractivity contribution in [3.8, 4) is 0 Å². The van der Waals surface area contributed by atoms with Crippen LogP contribution in [-0.2, 0) is 0 Å². The fraction of sp³-hybridized carbons (Fsp3) is 0. The van der Waals surface area contributed by atoms with Gasteiger partial charge in [-0.15, -0.1) is 0 Å². The third-order valence-corrected chi connectivity index (χ3v) is 2.52. The van der Waals surface area contributed by atoms with Crippen molar-refractivity contribution in [3.63, 3.8) is 0 Å². The molecule has 0 saturated carbocycles. The molecule has 0 unspecified atom stereocenters. The Balaban J connectivity index is 2.71. The van der Waals surface area contributed by atoms with Crippen molar-refractivity contribution < 1.29 is 4.39 Å². The molecule has 2 aromatic heterocycles. The van der Waals surface area contributed by atoms with E-state index in [1.807, 2.05) is 6.07 Å². The normalized spacial score (nSPS) is 11.1. The van der Waals surface area contributed by atoms with Crippen molar-refractivity contribution in [2.45, 2.75) is 0 Å². The van der Waals surface area contributed by atoms with Gasteiger partial charge in [-0.3, -0.25) is 4.79 Å². The van der Waals surface area contributed by atoms with E-state index < -0.39 is 11.4 Å². The molecule has 0 amide bonds. The highest BCUT2D eigenvalue weighted by Crippen LogP contribution is 2.14. The number of fused-ring (bicyclic) bond motifs is 3. The summed E-state index contributed by atoms with van der Waals surface area (Å²) in [6.07, 6.45) is 1.75. The van der Waals surface area contributed by atoms with E-state index >= 15 is 0 Å². The number of pyridine rings is 1. The average molecular weight is 214 g/mol. The quantitative estimate of drug-likeness (QED) is 0.536. The summed E-state index contributed by atoms with van der Waals surface area (Å²) in [5.74, 6) is -0.534. The molecule has 0 bridgehead atoms. The lowest BCUT2D eigenvalue weighted by Gasteiger charge is -2.04. The highest BCUT2D eigenvalue weighted by molar-refractivity contribution is 5.80. The lowest BCUT2D eigenvalue weighted by molar-refractivity contribution is 0.638. The van der Waals surface area contributed by atoms with Gasteiger partial charge in [-0.05, 0) is 24.3 Å². The zero-order valence-corrected chi connectivity index (χ0v) is 8.22. The van der Waals surface area contributed by atoms with Crippen LogP contribution in [0.4, 0.5) is 4.39 Å². The van der Waals surface area contributed by atoms with Gasteiger partial charge in [0.05, 0.1) is 5.52 Å². The molecule has 78 valence electrons. The Morgan fingerprint density at radius 3 is 2.88 bits per heavy atom. The summed E-state index contributed by atoms with van der Waals surface area (Å²) < 4.78 is 15.2. The first-order chi connectivity index (χ1) is 7.77. The number of aromatic nitrogens is 2. The van der Waals surface area contributed by atoms with Gasteiger partial charge in [0.1, 0.15) is 16.9 Å². The van der Waals surface area contributed by atoms with E-state index in [2.05, 4.69) is 4.98 Å². The molecule has 0 fully saturated rings. The van der Waals surface area contributed by atoms with E-state index in [9.17, 15) is 9.18 Å². The Labute approximate surface area is 89.8 Å². The zero-order chi connectivity index (χ0) is 11.1. The summed E-state index contributed by atoms with van der Waals surface area (Å²) in [5, 5.41) is 0.0335. The smallest absolute Gasteiger partial charge is 0.284 e. The standard InChI is InChI=1S/C12H7FN2O/c13-8-4-3-5-9-11(8)12(16)14-10-6-1-2-7-15(9)10/h1-7H. The van der Waals surface area contributed by atoms with Crippen LogP contribution in [0.15, 0.2) is 47.4 Å². The van der Waals surface area contributed by atoms with Crippen LogP contribution >= 0.6 is 0 Å². The first-order valence-corrected chi connectivity index (χ1v) is 4.83. The maximum absolute atomic E-state index is 13.5. The minimum atomic E-state index is -0.534. The number of halogens is 1. The van der Waals surface area contributed by atoms with Crippen molar-refractivity contribution in [2.75, 3.05) is 0 Å². The minimum absolute atomic E-state index is 0.0335. The molecule has 0 atom stereocenters. The summed E-state index contributed by atoms with van der Waals surface area (Å²) in [4.78, 5) is 15.5. The lowest BCUT2D eigenvalue weighted by atomic mass is 10.2. The second-order valence-electron chi connectivity index (χ2n) is 3.48. The van der Waals surface area contributed by atoms with Gasteiger partial charge in [-0.1, -0.05) is 12.1 Å². The number of rotatable bonds is 0. The molecule has 2 heterocycles. The summed E-state index contributed by atoms with van der Waals surface area (Å²) in [5.41, 5.74) is 0.528. The third-order valence-electron chi connectivity index (χ3n) is 2.52. The van der Waals surface area contributed by atoms with Crippen LogP contribution in [0.1, 0.15) is 0 Å². The average Bonchev–Trinajstić information content (AvgIpc) is 2.29. The van der Waals surface area contributed by atoms with Gasteiger partial charge in [0.2, 0.25) is 0 Å². The van der Waals surface area contributed by atoms with Crippen LogP contribution in [0.5, 0.6) is 0 Å². The van der Waals surface area contributed by atoms with Gasteiger partial charge in [0, 0.05) is 6.20 Å². The molecule has 3 aromatic rings. The second-order valence-corrected chi connectivity index (χ2v) is 3.48. The predicted molar refractivity (Wildman–Crippen MR) is 58.9 cm³/mol. The van der Waals surface area contributed by atoms with Crippen molar-refractivity contribution in [1.29, 1.82) is 0 Å². The summed E-state index contributed by atoms with van der Waals surface area (Å²) in [7, 11) is 0. The van der Waals surface area contributed by atoms with E-state index in [1.165, 1.54) is 6.07 Å². The highest BCUT2D eigenvalue weighted by atomic mass is 19.1. The van der Waals surface area contributed by atoms with Gasteiger partial charge < -0.3 is 4.40 Å². The van der Waals surface area contributed by atoms with E-state index in [0.29, 0.717) is 11.2 Å². The molecule has 3 rings (SSSR count). The van der Waals surface area contributed by atoms with Crippen molar-refractivity contribution >= 4 is 16.6 Å². The van der Waals surface area contributed by atoms with Crippen molar-refractivity contribution in [3.05, 3.63) is 58.8 Å². The molecule has 3 nitrogen and oxygen atoms in total. The van der Waals surface area contributed by atoms with Crippen LogP contribution in [0.2, 0.25) is 0 Å². The van der Waals surface area contributed by atoms with Crippen LogP contribution in [0.25, 0.3) is 16.6 Å². The van der Waals surface area contributed by atoms with Gasteiger partial charge in [-0.25, -0.2) is 4.39 Å². The highest BCUT2D eigenvalue weighted by Gasteiger charge is 2.08. The molecule has 0 spiro atoms. The Hall–Kier alpha value is -2.23. The first kappa shape index (κ1) is 9.03. The Morgan fingerprint density at radius 1 is 1.12 bits per heavy atom. The Bertz CT molecular complexity index is 749. The fourth-order valence-corrected chi connectivity index (χ4v) is 1.81. The number of benzene rings is 1. The van der Waals surface area contributed by atoms with Gasteiger partial charge in [0.15, 0.2) is 0 Å². The largest absolute Gasteiger partial charge is 0.301 e. The molecule has 0 radical (unpaired) electrons. The molecule has 4 heteroatoms. The first-order valence-electron chi connectivity index (χ1n) is 4.83. The minimum Gasteiger partial charge on any atom is -0.301 e. The van der Waals surface area contributed by atoms with Crippen LogP contribution in [-0.4, -0.2) is 9.38 Å². The topological polar surface area (TPSA) is 34.4 Å². The number of hydrogen-bond acceptors (Lipinski definition) is 2. The maximum atomic E-state index is 13.5. The second kappa shape index (κ2) is 3.13. The molecule has 0 aliphatic rings. The molecule has 0 N–H and O–H groups in total. The molecule has 0 aliphatic carbocycles. The molecule has 1 aromatic carbocycles. The van der Waals surface area contributed by atoms with E-state index in [-0.39, 0.29) is 5.39 Å². The lowest BCUT2D eigenvalue weighted by Crippen LogP contribution is -2.11. The van der Waals surface area contributed by atoms with E-state index in [4.69, 9.17) is 0 Å². The molecular weight excluding hydrogens is 207 g/mol. The maximum Gasteiger partial charge on any atom is 0.284 e. The van der Waals surface area contributed by atoms with Crippen LogP contribution < -0.4 is 5.56 Å². The summed E-state index contributed by atoms with van der Waals surface area (Å²) in [6, 6.07) is 9.86. The fourth-order valence-electron chi connectivity index (χ4n) is 1.81. The van der Waals surface area contributed by atoms with Crippen LogP contribution in [0.3, 0.4) is 0 Å². The van der Waals surface area contributed by atoms with Crippen molar-refractivity contribution in [1.82, 2.24) is 9.38 Å². The summed E-state index contributed by atoms with van der Waals surface area (Å²) >= 11 is 0. The summed E-state index contributed by atoms with van der Waals surface area (Å²) in [6.45, 7) is 0. The van der Waals surface area contributed by atoms with Crippen LogP contribution in [0, 0.1) is 5.82 Å². The van der Waals surface area contributed by atoms with Gasteiger partial charge >= 0.3 is 0 Å². The molecule has 0 saturated heterocycles. The van der Waals surface area contributed by atoms with Crippen molar-refractivity contribution in [2.24, 2.45) is 0 Å². The van der Waals surface area contributed by atoms with E-state index in [0.717, 1.165) is 0 Å². The number of nitrogens with zero attached hydrogens (tertiary/aromatic N) is 2. The Kier molecular flexibility index (Phi) is 1.77. The molecular formula is C12H7FN2O.